The highest BCUT2D eigenvalue weighted by molar-refractivity contribution is 7.92. The summed E-state index contributed by atoms with van der Waals surface area (Å²) in [5.41, 5.74) is 4.29. The highest BCUT2D eigenvalue weighted by Crippen LogP contribution is 2.28. The molecule has 0 aliphatic rings. The maximum Gasteiger partial charge on any atom is 0.161 e. The number of hydrogen-bond acceptors (Lipinski definition) is 4. The summed E-state index contributed by atoms with van der Waals surface area (Å²) in [6.07, 6.45) is 0. The van der Waals surface area contributed by atoms with Crippen LogP contribution in [-0.4, -0.2) is 18.1 Å². The number of aryl methyl sites for hydroxylation is 2. The standard InChI is InChI=1S/C16H21NO2S2/c1-11-6-7-13(12(2)8-11)14-9-20-15(17-14)10-21(18,19)16(3,4)5/h6-9H,10H2,1-5H3. The van der Waals surface area contributed by atoms with Gasteiger partial charge in [-0.2, -0.15) is 0 Å². The fourth-order valence-electron chi connectivity index (χ4n) is 1.98. The molecule has 1 aromatic heterocycles. The molecule has 0 radical (unpaired) electrons. The van der Waals surface area contributed by atoms with E-state index in [1.165, 1.54) is 16.9 Å². The van der Waals surface area contributed by atoms with Crippen molar-refractivity contribution in [2.75, 3.05) is 0 Å². The predicted octanol–water partition coefficient (Wildman–Crippen LogP) is 4.14. The zero-order valence-electron chi connectivity index (χ0n) is 13.1. The molecule has 0 bridgehead atoms. The second-order valence-corrected chi connectivity index (χ2v) is 10.0. The second kappa shape index (κ2) is 5.54. The minimum Gasteiger partial charge on any atom is -0.240 e. The Balaban J connectivity index is 2.31. The molecule has 2 aromatic rings. The van der Waals surface area contributed by atoms with Crippen molar-refractivity contribution in [1.29, 1.82) is 0 Å². The summed E-state index contributed by atoms with van der Waals surface area (Å²) in [6, 6.07) is 6.20. The summed E-state index contributed by atoms with van der Waals surface area (Å²) in [5.74, 6) is 0.00603. The van der Waals surface area contributed by atoms with Gasteiger partial charge in [0.05, 0.1) is 10.4 Å². The maximum absolute atomic E-state index is 12.2. The lowest BCUT2D eigenvalue weighted by Crippen LogP contribution is -2.29. The first-order valence-corrected chi connectivity index (χ1v) is 9.38. The van der Waals surface area contributed by atoms with Crippen molar-refractivity contribution in [3.05, 3.63) is 39.7 Å². The van der Waals surface area contributed by atoms with Gasteiger partial charge >= 0.3 is 0 Å². The van der Waals surface area contributed by atoms with Crippen molar-refractivity contribution in [3.63, 3.8) is 0 Å². The average Bonchev–Trinajstić information content (AvgIpc) is 2.74. The Morgan fingerprint density at radius 1 is 1.19 bits per heavy atom. The first-order valence-electron chi connectivity index (χ1n) is 6.84. The molecule has 21 heavy (non-hydrogen) atoms. The summed E-state index contributed by atoms with van der Waals surface area (Å²) < 4.78 is 23.7. The first-order chi connectivity index (χ1) is 9.60. The number of rotatable bonds is 3. The third-order valence-electron chi connectivity index (χ3n) is 3.46. The normalized spacial score (nSPS) is 12.6. The molecule has 0 atom stereocenters. The van der Waals surface area contributed by atoms with Gasteiger partial charge in [0.15, 0.2) is 9.84 Å². The van der Waals surface area contributed by atoms with Gasteiger partial charge in [-0.1, -0.05) is 23.8 Å². The van der Waals surface area contributed by atoms with Crippen LogP contribution in [0.25, 0.3) is 11.3 Å². The van der Waals surface area contributed by atoms with E-state index < -0.39 is 14.6 Å². The number of thiazole rings is 1. The van der Waals surface area contributed by atoms with E-state index in [1.54, 1.807) is 20.8 Å². The maximum atomic E-state index is 12.2. The minimum atomic E-state index is -3.19. The van der Waals surface area contributed by atoms with E-state index in [0.717, 1.165) is 16.8 Å². The zero-order valence-corrected chi connectivity index (χ0v) is 14.7. The lowest BCUT2D eigenvalue weighted by molar-refractivity contribution is 0.559. The van der Waals surface area contributed by atoms with E-state index in [4.69, 9.17) is 0 Å². The van der Waals surface area contributed by atoms with Crippen LogP contribution in [0.3, 0.4) is 0 Å². The van der Waals surface area contributed by atoms with Crippen molar-refractivity contribution < 1.29 is 8.42 Å². The third-order valence-corrected chi connectivity index (χ3v) is 7.01. The largest absolute Gasteiger partial charge is 0.240 e. The molecule has 5 heteroatoms. The highest BCUT2D eigenvalue weighted by Gasteiger charge is 2.30. The van der Waals surface area contributed by atoms with E-state index in [1.807, 2.05) is 24.4 Å². The van der Waals surface area contributed by atoms with Gasteiger partial charge in [-0.3, -0.25) is 0 Å². The Bertz CT molecular complexity index is 753. The molecule has 0 N–H and O–H groups in total. The van der Waals surface area contributed by atoms with Crippen molar-refractivity contribution in [3.8, 4) is 11.3 Å². The summed E-state index contributed by atoms with van der Waals surface area (Å²) in [5, 5.41) is 2.59. The molecule has 0 amide bonds. The monoisotopic (exact) mass is 323 g/mol. The number of aromatic nitrogens is 1. The molecule has 0 aliphatic heterocycles. The molecular weight excluding hydrogens is 302 g/mol. The predicted molar refractivity (Wildman–Crippen MR) is 89.4 cm³/mol. The van der Waals surface area contributed by atoms with Crippen LogP contribution in [0.5, 0.6) is 0 Å². The summed E-state index contributed by atoms with van der Waals surface area (Å²) in [7, 11) is -3.19. The molecule has 0 saturated heterocycles. The lowest BCUT2D eigenvalue weighted by Gasteiger charge is -2.17. The van der Waals surface area contributed by atoms with Gasteiger partial charge in [-0.25, -0.2) is 13.4 Å². The molecule has 0 spiro atoms. The minimum absolute atomic E-state index is 0.00603. The highest BCUT2D eigenvalue weighted by atomic mass is 32.2. The Kier molecular flexibility index (Phi) is 4.26. The number of hydrogen-bond donors (Lipinski definition) is 0. The van der Waals surface area contributed by atoms with Crippen LogP contribution in [-0.2, 0) is 15.6 Å². The Labute approximate surface area is 131 Å². The number of sulfone groups is 1. The SMILES string of the molecule is Cc1ccc(-c2csc(CS(=O)(=O)C(C)(C)C)n2)c(C)c1. The molecule has 2 rings (SSSR count). The van der Waals surface area contributed by atoms with Crippen LogP contribution in [0.2, 0.25) is 0 Å². The van der Waals surface area contributed by atoms with Crippen molar-refractivity contribution in [2.45, 2.75) is 45.1 Å². The van der Waals surface area contributed by atoms with Gasteiger partial charge in [0.25, 0.3) is 0 Å². The molecule has 3 nitrogen and oxygen atoms in total. The quantitative estimate of drug-likeness (QED) is 0.853. The van der Waals surface area contributed by atoms with Gasteiger partial charge in [0.1, 0.15) is 10.8 Å². The van der Waals surface area contributed by atoms with Gasteiger partial charge in [0.2, 0.25) is 0 Å². The van der Waals surface area contributed by atoms with E-state index in [9.17, 15) is 8.42 Å². The van der Waals surface area contributed by atoms with E-state index in [2.05, 4.69) is 18.0 Å². The van der Waals surface area contributed by atoms with Crippen LogP contribution in [0.4, 0.5) is 0 Å². The zero-order chi connectivity index (χ0) is 15.8. The fourth-order valence-corrected chi connectivity index (χ4v) is 4.12. The van der Waals surface area contributed by atoms with Crippen LogP contribution in [0.1, 0.15) is 36.9 Å². The topological polar surface area (TPSA) is 47.0 Å². The van der Waals surface area contributed by atoms with E-state index in [-0.39, 0.29) is 5.75 Å². The third kappa shape index (κ3) is 3.52. The van der Waals surface area contributed by atoms with Crippen LogP contribution in [0, 0.1) is 13.8 Å². The molecule has 1 aromatic carbocycles. The summed E-state index contributed by atoms with van der Waals surface area (Å²) in [4.78, 5) is 4.51. The lowest BCUT2D eigenvalue weighted by atomic mass is 10.0. The Hall–Kier alpha value is -1.20. The van der Waals surface area contributed by atoms with E-state index >= 15 is 0 Å². The van der Waals surface area contributed by atoms with Gasteiger partial charge < -0.3 is 0 Å². The summed E-state index contributed by atoms with van der Waals surface area (Å²) in [6.45, 7) is 9.27. The van der Waals surface area contributed by atoms with E-state index in [0.29, 0.717) is 5.01 Å². The average molecular weight is 323 g/mol. The van der Waals surface area contributed by atoms with Crippen LogP contribution < -0.4 is 0 Å². The molecule has 0 aliphatic carbocycles. The molecule has 114 valence electrons. The van der Waals surface area contributed by atoms with Crippen molar-refractivity contribution in [2.24, 2.45) is 0 Å². The number of benzene rings is 1. The molecule has 1 heterocycles. The van der Waals surface area contributed by atoms with Crippen LogP contribution in [0.15, 0.2) is 23.6 Å². The Morgan fingerprint density at radius 3 is 2.43 bits per heavy atom. The van der Waals surface area contributed by atoms with Crippen LogP contribution >= 0.6 is 11.3 Å². The van der Waals surface area contributed by atoms with Gasteiger partial charge in [-0.15, -0.1) is 11.3 Å². The van der Waals surface area contributed by atoms with Crippen molar-refractivity contribution in [1.82, 2.24) is 4.98 Å². The first kappa shape index (κ1) is 16.2. The molecule has 0 unspecified atom stereocenters. The van der Waals surface area contributed by atoms with Crippen molar-refractivity contribution >= 4 is 21.2 Å². The number of nitrogens with zero attached hydrogens (tertiary/aromatic N) is 1. The molecular formula is C16H21NO2S2. The smallest absolute Gasteiger partial charge is 0.161 e. The van der Waals surface area contributed by atoms with Gasteiger partial charge in [-0.05, 0) is 40.2 Å². The Morgan fingerprint density at radius 2 is 1.86 bits per heavy atom. The second-order valence-electron chi connectivity index (χ2n) is 6.32. The fraction of sp³-hybridized carbons (Fsp3) is 0.438. The van der Waals surface area contributed by atoms with Gasteiger partial charge in [0, 0.05) is 10.9 Å². The molecule has 0 fully saturated rings. The summed E-state index contributed by atoms with van der Waals surface area (Å²) >= 11 is 1.41. The molecule has 0 saturated carbocycles.